The standard InChI is InChI=1S/C12H13N3O3S/c1-6(13)9-5-19-12(14-9)15-11(18)8-4-7(16)2-3-10(8)17/h2-6,16-17H,13H2,1H3,(H,14,15,18). The Hall–Kier alpha value is -2.12. The van der Waals surface area contributed by atoms with Gasteiger partial charge in [-0.2, -0.15) is 0 Å². The van der Waals surface area contributed by atoms with Gasteiger partial charge in [-0.3, -0.25) is 10.1 Å². The van der Waals surface area contributed by atoms with Crippen LogP contribution < -0.4 is 11.1 Å². The van der Waals surface area contributed by atoms with Gasteiger partial charge in [0, 0.05) is 11.4 Å². The third-order valence-electron chi connectivity index (χ3n) is 2.43. The summed E-state index contributed by atoms with van der Waals surface area (Å²) in [4.78, 5) is 16.1. The summed E-state index contributed by atoms with van der Waals surface area (Å²) in [5, 5.41) is 23.6. The maximum Gasteiger partial charge on any atom is 0.261 e. The molecule has 1 unspecified atom stereocenters. The summed E-state index contributed by atoms with van der Waals surface area (Å²) in [6, 6.07) is 3.52. The molecule has 5 N–H and O–H groups in total. The highest BCUT2D eigenvalue weighted by molar-refractivity contribution is 7.14. The first-order valence-corrected chi connectivity index (χ1v) is 6.39. The number of hydrogen-bond donors (Lipinski definition) is 4. The predicted molar refractivity (Wildman–Crippen MR) is 72.4 cm³/mol. The van der Waals surface area contributed by atoms with E-state index < -0.39 is 5.91 Å². The Morgan fingerprint density at radius 1 is 1.47 bits per heavy atom. The van der Waals surface area contributed by atoms with E-state index in [1.54, 1.807) is 12.3 Å². The highest BCUT2D eigenvalue weighted by atomic mass is 32.1. The zero-order valence-corrected chi connectivity index (χ0v) is 10.9. The Bertz CT molecular complexity index is 610. The molecule has 1 amide bonds. The number of nitrogens with one attached hydrogen (secondary N) is 1. The van der Waals surface area contributed by atoms with Crippen LogP contribution in [0.25, 0.3) is 0 Å². The molecule has 0 aliphatic heterocycles. The van der Waals surface area contributed by atoms with E-state index in [0.717, 1.165) is 0 Å². The van der Waals surface area contributed by atoms with Gasteiger partial charge in [0.05, 0.1) is 11.3 Å². The van der Waals surface area contributed by atoms with Crippen LogP contribution in [-0.2, 0) is 0 Å². The van der Waals surface area contributed by atoms with Gasteiger partial charge in [-0.25, -0.2) is 4.98 Å². The van der Waals surface area contributed by atoms with Crippen LogP contribution in [0.4, 0.5) is 5.13 Å². The number of hydrogen-bond acceptors (Lipinski definition) is 6. The monoisotopic (exact) mass is 279 g/mol. The van der Waals surface area contributed by atoms with Gasteiger partial charge in [-0.15, -0.1) is 11.3 Å². The van der Waals surface area contributed by atoms with Gasteiger partial charge in [-0.05, 0) is 25.1 Å². The molecule has 1 atom stereocenters. The number of phenolic OH excluding ortho intramolecular Hbond substituents is 2. The number of benzene rings is 1. The summed E-state index contributed by atoms with van der Waals surface area (Å²) < 4.78 is 0. The summed E-state index contributed by atoms with van der Waals surface area (Å²) >= 11 is 1.24. The van der Waals surface area contributed by atoms with Crippen LogP contribution in [0.15, 0.2) is 23.6 Å². The lowest BCUT2D eigenvalue weighted by atomic mass is 10.2. The van der Waals surface area contributed by atoms with Gasteiger partial charge in [-0.1, -0.05) is 0 Å². The van der Waals surface area contributed by atoms with Crippen molar-refractivity contribution in [2.45, 2.75) is 13.0 Å². The average Bonchev–Trinajstić information content (AvgIpc) is 2.80. The van der Waals surface area contributed by atoms with Gasteiger partial charge in [0.1, 0.15) is 11.5 Å². The minimum Gasteiger partial charge on any atom is -0.508 e. The van der Waals surface area contributed by atoms with Crippen molar-refractivity contribution in [2.75, 3.05) is 5.32 Å². The molecule has 1 aromatic heterocycles. The molecular weight excluding hydrogens is 266 g/mol. The molecule has 0 spiro atoms. The summed E-state index contributed by atoms with van der Waals surface area (Å²) in [6.07, 6.45) is 0. The molecule has 19 heavy (non-hydrogen) atoms. The van der Waals surface area contributed by atoms with Crippen LogP contribution in [0.2, 0.25) is 0 Å². The van der Waals surface area contributed by atoms with Crippen LogP contribution in [0, 0.1) is 0 Å². The van der Waals surface area contributed by atoms with E-state index in [1.165, 1.54) is 29.5 Å². The van der Waals surface area contributed by atoms with Crippen molar-refractivity contribution < 1.29 is 15.0 Å². The van der Waals surface area contributed by atoms with Crippen LogP contribution in [0.1, 0.15) is 29.0 Å². The first-order valence-electron chi connectivity index (χ1n) is 5.51. The van der Waals surface area contributed by atoms with Crippen molar-refractivity contribution in [3.63, 3.8) is 0 Å². The Kier molecular flexibility index (Phi) is 3.68. The lowest BCUT2D eigenvalue weighted by Gasteiger charge is -2.05. The number of phenols is 2. The minimum atomic E-state index is -0.543. The second-order valence-corrected chi connectivity index (χ2v) is 4.88. The second-order valence-electron chi connectivity index (χ2n) is 4.02. The number of rotatable bonds is 3. The van der Waals surface area contributed by atoms with Gasteiger partial charge in [0.15, 0.2) is 5.13 Å². The minimum absolute atomic E-state index is 0.0162. The van der Waals surface area contributed by atoms with Crippen molar-refractivity contribution in [2.24, 2.45) is 5.73 Å². The number of aromatic nitrogens is 1. The SMILES string of the molecule is CC(N)c1csc(NC(=O)c2cc(O)ccc2O)n1. The highest BCUT2D eigenvalue weighted by Crippen LogP contribution is 2.24. The van der Waals surface area contributed by atoms with E-state index >= 15 is 0 Å². The summed E-state index contributed by atoms with van der Waals surface area (Å²) in [5.74, 6) is -0.850. The summed E-state index contributed by atoms with van der Waals surface area (Å²) in [6.45, 7) is 1.79. The fraction of sp³-hybridized carbons (Fsp3) is 0.167. The molecule has 0 saturated carbocycles. The molecule has 2 rings (SSSR count). The molecule has 0 bridgehead atoms. The lowest BCUT2D eigenvalue weighted by molar-refractivity contribution is 0.102. The molecule has 0 aliphatic rings. The molecule has 1 aromatic carbocycles. The number of thiazole rings is 1. The number of carbonyl (C=O) groups is 1. The zero-order valence-electron chi connectivity index (χ0n) is 10.1. The topological polar surface area (TPSA) is 108 Å². The molecular formula is C12H13N3O3S. The highest BCUT2D eigenvalue weighted by Gasteiger charge is 2.14. The van der Waals surface area contributed by atoms with Crippen molar-refractivity contribution in [1.82, 2.24) is 4.98 Å². The number of amides is 1. The molecule has 6 nitrogen and oxygen atoms in total. The fourth-order valence-corrected chi connectivity index (χ4v) is 2.23. The molecule has 0 radical (unpaired) electrons. The average molecular weight is 279 g/mol. The van der Waals surface area contributed by atoms with Crippen LogP contribution in [0.5, 0.6) is 11.5 Å². The number of nitrogens with zero attached hydrogens (tertiary/aromatic N) is 1. The van der Waals surface area contributed by atoms with Gasteiger partial charge in [0.25, 0.3) is 5.91 Å². The molecule has 7 heteroatoms. The third kappa shape index (κ3) is 3.01. The molecule has 0 saturated heterocycles. The first kappa shape index (κ1) is 13.3. The first-order chi connectivity index (χ1) is 8.97. The predicted octanol–water partition coefficient (Wildman–Crippen LogP) is 1.83. The largest absolute Gasteiger partial charge is 0.508 e. The zero-order chi connectivity index (χ0) is 14.0. The normalized spacial score (nSPS) is 12.1. The van der Waals surface area contributed by atoms with E-state index in [1.807, 2.05) is 0 Å². The summed E-state index contributed by atoms with van der Waals surface area (Å²) in [7, 11) is 0. The van der Waals surface area contributed by atoms with Gasteiger partial charge < -0.3 is 15.9 Å². The Labute approximate surface area is 113 Å². The van der Waals surface area contributed by atoms with Crippen LogP contribution in [0.3, 0.4) is 0 Å². The maximum atomic E-state index is 11.9. The molecule has 2 aromatic rings. The van der Waals surface area contributed by atoms with Crippen molar-refractivity contribution >= 4 is 22.4 Å². The summed E-state index contributed by atoms with van der Waals surface area (Å²) in [5.41, 5.74) is 6.34. The van der Waals surface area contributed by atoms with E-state index in [-0.39, 0.29) is 23.1 Å². The van der Waals surface area contributed by atoms with Crippen LogP contribution >= 0.6 is 11.3 Å². The third-order valence-corrected chi connectivity index (χ3v) is 3.21. The smallest absolute Gasteiger partial charge is 0.261 e. The quantitative estimate of drug-likeness (QED) is 0.641. The number of nitrogens with two attached hydrogens (primary N) is 1. The van der Waals surface area contributed by atoms with E-state index in [4.69, 9.17) is 5.73 Å². The number of carbonyl (C=O) groups excluding carboxylic acids is 1. The molecule has 0 aliphatic carbocycles. The Morgan fingerprint density at radius 2 is 2.21 bits per heavy atom. The second kappa shape index (κ2) is 5.25. The van der Waals surface area contributed by atoms with Crippen LogP contribution in [-0.4, -0.2) is 21.1 Å². The molecule has 1 heterocycles. The van der Waals surface area contributed by atoms with Gasteiger partial charge in [0.2, 0.25) is 0 Å². The fourth-order valence-electron chi connectivity index (χ4n) is 1.42. The van der Waals surface area contributed by atoms with Gasteiger partial charge >= 0.3 is 0 Å². The molecule has 100 valence electrons. The number of aromatic hydroxyl groups is 2. The van der Waals surface area contributed by atoms with E-state index in [9.17, 15) is 15.0 Å². The molecule has 0 fully saturated rings. The Balaban J connectivity index is 2.18. The Morgan fingerprint density at radius 3 is 2.84 bits per heavy atom. The van der Waals surface area contributed by atoms with Crippen molar-refractivity contribution in [1.29, 1.82) is 0 Å². The van der Waals surface area contributed by atoms with Crippen molar-refractivity contribution in [3.8, 4) is 11.5 Å². The van der Waals surface area contributed by atoms with E-state index in [2.05, 4.69) is 10.3 Å². The van der Waals surface area contributed by atoms with Crippen molar-refractivity contribution in [3.05, 3.63) is 34.8 Å². The number of anilines is 1. The lowest BCUT2D eigenvalue weighted by Crippen LogP contribution is -2.12. The maximum absolute atomic E-state index is 11.9. The van der Waals surface area contributed by atoms with E-state index in [0.29, 0.717) is 10.8 Å².